The first-order valence-corrected chi connectivity index (χ1v) is 8.47. The van der Waals surface area contributed by atoms with Gasteiger partial charge >= 0.3 is 0 Å². The summed E-state index contributed by atoms with van der Waals surface area (Å²) in [6.45, 7) is 2.87. The van der Waals surface area contributed by atoms with Crippen LogP contribution in [0.3, 0.4) is 0 Å². The van der Waals surface area contributed by atoms with Crippen LogP contribution in [-0.2, 0) is 14.8 Å². The van der Waals surface area contributed by atoms with Crippen LogP contribution in [0.5, 0.6) is 0 Å². The van der Waals surface area contributed by atoms with Crippen molar-refractivity contribution in [3.8, 4) is 0 Å². The monoisotopic (exact) mass is 319 g/mol. The Balaban J connectivity index is 2.16. The van der Waals surface area contributed by atoms with Crippen molar-refractivity contribution in [2.24, 2.45) is 0 Å². The Bertz CT molecular complexity index is 579. The summed E-state index contributed by atoms with van der Waals surface area (Å²) in [5.41, 5.74) is 0. The quantitative estimate of drug-likeness (QED) is 0.749. The van der Waals surface area contributed by atoms with Gasteiger partial charge in [0.05, 0.1) is 0 Å². The lowest BCUT2D eigenvalue weighted by molar-refractivity contribution is -0.114. The van der Waals surface area contributed by atoms with Crippen molar-refractivity contribution in [3.05, 3.63) is 0 Å². The number of rotatable bonds is 4. The number of sulfonamides is 1. The number of nitrogens with zero attached hydrogens (tertiary/aromatic N) is 3. The van der Waals surface area contributed by atoms with Crippen molar-refractivity contribution in [2.75, 3.05) is 25.5 Å². The van der Waals surface area contributed by atoms with E-state index in [2.05, 4.69) is 20.8 Å². The number of nitrogens with one attached hydrogen (secondary N) is 2. The van der Waals surface area contributed by atoms with E-state index in [-0.39, 0.29) is 21.4 Å². The molecule has 1 aliphatic rings. The molecule has 2 rings (SSSR count). The van der Waals surface area contributed by atoms with Gasteiger partial charge in [0.1, 0.15) is 0 Å². The highest BCUT2D eigenvalue weighted by molar-refractivity contribution is 7.91. The fourth-order valence-electron chi connectivity index (χ4n) is 1.98. The molecule has 1 atom stereocenters. The van der Waals surface area contributed by atoms with Gasteiger partial charge in [-0.3, -0.25) is 4.79 Å². The summed E-state index contributed by atoms with van der Waals surface area (Å²) >= 11 is 0.856. The molecule has 20 heavy (non-hydrogen) atoms. The molecule has 112 valence electrons. The zero-order chi connectivity index (χ0) is 14.8. The zero-order valence-electron chi connectivity index (χ0n) is 11.3. The van der Waals surface area contributed by atoms with Crippen molar-refractivity contribution in [1.29, 1.82) is 0 Å². The van der Waals surface area contributed by atoms with Gasteiger partial charge in [-0.15, -0.1) is 10.2 Å². The van der Waals surface area contributed by atoms with Crippen molar-refractivity contribution >= 4 is 32.4 Å². The zero-order valence-corrected chi connectivity index (χ0v) is 12.9. The van der Waals surface area contributed by atoms with Gasteiger partial charge < -0.3 is 10.6 Å². The minimum Gasteiger partial charge on any atom is -0.315 e. The molecular formula is C10H17N5O3S2. The molecule has 1 fully saturated rings. The van der Waals surface area contributed by atoms with Gasteiger partial charge in [-0.1, -0.05) is 11.3 Å². The van der Waals surface area contributed by atoms with Gasteiger partial charge in [-0.25, -0.2) is 8.42 Å². The minimum atomic E-state index is -3.67. The average molecular weight is 319 g/mol. The van der Waals surface area contributed by atoms with Crippen LogP contribution in [0, 0.1) is 0 Å². The van der Waals surface area contributed by atoms with Gasteiger partial charge in [0, 0.05) is 26.6 Å². The molecule has 10 heteroatoms. The van der Waals surface area contributed by atoms with Crippen LogP contribution in [0.4, 0.5) is 5.13 Å². The van der Waals surface area contributed by atoms with Crippen LogP contribution < -0.4 is 10.6 Å². The Morgan fingerprint density at radius 2 is 2.25 bits per heavy atom. The van der Waals surface area contributed by atoms with E-state index in [0.717, 1.165) is 30.7 Å². The summed E-state index contributed by atoms with van der Waals surface area (Å²) in [6, 6.07) is -0.0816. The summed E-state index contributed by atoms with van der Waals surface area (Å²) in [7, 11) is -2.12. The standard InChI is InChI=1S/C10H17N5O3S2/c1-7(16)12-9-13-14-10(19-9)20(17,18)15(2)8-4-3-5-11-6-8/h8,11H,3-6H2,1-2H3,(H,12,13,16). The molecule has 1 saturated heterocycles. The van der Waals surface area contributed by atoms with E-state index >= 15 is 0 Å². The Morgan fingerprint density at radius 1 is 1.50 bits per heavy atom. The molecular weight excluding hydrogens is 302 g/mol. The topological polar surface area (TPSA) is 104 Å². The summed E-state index contributed by atoms with van der Waals surface area (Å²) in [4.78, 5) is 10.9. The van der Waals surface area contributed by atoms with Gasteiger partial charge in [-0.05, 0) is 19.4 Å². The molecule has 2 heterocycles. The lowest BCUT2D eigenvalue weighted by Gasteiger charge is -2.29. The van der Waals surface area contributed by atoms with Gasteiger partial charge in [0.25, 0.3) is 10.0 Å². The van der Waals surface area contributed by atoms with E-state index in [1.165, 1.54) is 11.2 Å². The molecule has 0 saturated carbocycles. The fourth-order valence-corrected chi connectivity index (χ4v) is 4.48. The molecule has 2 N–H and O–H groups in total. The molecule has 8 nitrogen and oxygen atoms in total. The van der Waals surface area contributed by atoms with Crippen LogP contribution >= 0.6 is 11.3 Å². The number of hydrogen-bond acceptors (Lipinski definition) is 7. The number of aromatic nitrogens is 2. The third-order valence-corrected chi connectivity index (χ3v) is 6.17. The van der Waals surface area contributed by atoms with Crippen LogP contribution in [0.25, 0.3) is 0 Å². The first-order valence-electron chi connectivity index (χ1n) is 6.21. The SMILES string of the molecule is CC(=O)Nc1nnc(S(=O)(=O)N(C)C2CCCNC2)s1. The van der Waals surface area contributed by atoms with E-state index < -0.39 is 10.0 Å². The first-order chi connectivity index (χ1) is 9.41. The predicted octanol–water partition coefficient (Wildman–Crippen LogP) is -0.131. The minimum absolute atomic E-state index is 0.0816. The van der Waals surface area contributed by atoms with Gasteiger partial charge in [0.15, 0.2) is 0 Å². The second-order valence-electron chi connectivity index (χ2n) is 4.58. The van der Waals surface area contributed by atoms with E-state index in [0.29, 0.717) is 6.54 Å². The smallest absolute Gasteiger partial charge is 0.272 e. The Morgan fingerprint density at radius 3 is 2.85 bits per heavy atom. The second-order valence-corrected chi connectivity index (χ2v) is 7.72. The maximum absolute atomic E-state index is 12.4. The number of piperidine rings is 1. The molecule has 1 aliphatic heterocycles. The Labute approximate surface area is 121 Å². The summed E-state index contributed by atoms with van der Waals surface area (Å²) < 4.78 is 26.1. The Hall–Kier alpha value is -1.10. The van der Waals surface area contributed by atoms with Crippen molar-refractivity contribution in [2.45, 2.75) is 30.1 Å². The first kappa shape index (κ1) is 15.3. The largest absolute Gasteiger partial charge is 0.315 e. The third-order valence-electron chi connectivity index (χ3n) is 3.07. The normalized spacial score (nSPS) is 20.1. The van der Waals surface area contributed by atoms with Crippen molar-refractivity contribution in [3.63, 3.8) is 0 Å². The third kappa shape index (κ3) is 3.32. The molecule has 0 spiro atoms. The van der Waals surface area contributed by atoms with Gasteiger partial charge in [0.2, 0.25) is 15.4 Å². The molecule has 1 amide bonds. The summed E-state index contributed by atoms with van der Waals surface area (Å²) in [5.74, 6) is -0.310. The highest BCUT2D eigenvalue weighted by Gasteiger charge is 2.32. The number of carbonyl (C=O) groups is 1. The Kier molecular flexibility index (Phi) is 4.68. The van der Waals surface area contributed by atoms with Crippen molar-refractivity contribution in [1.82, 2.24) is 19.8 Å². The second kappa shape index (κ2) is 6.12. The molecule has 0 bridgehead atoms. The average Bonchev–Trinajstić information content (AvgIpc) is 2.87. The summed E-state index contributed by atoms with van der Waals surface area (Å²) in [5, 5.41) is 13.1. The molecule has 0 radical (unpaired) electrons. The number of amides is 1. The molecule has 0 aliphatic carbocycles. The van der Waals surface area contributed by atoms with Crippen LogP contribution in [0.1, 0.15) is 19.8 Å². The molecule has 1 aromatic heterocycles. The highest BCUT2D eigenvalue weighted by atomic mass is 32.2. The lowest BCUT2D eigenvalue weighted by atomic mass is 10.1. The number of hydrogen-bond donors (Lipinski definition) is 2. The van der Waals surface area contributed by atoms with Crippen LogP contribution in [0.2, 0.25) is 0 Å². The number of carbonyl (C=O) groups excluding carboxylic acids is 1. The van der Waals surface area contributed by atoms with Crippen LogP contribution in [0.15, 0.2) is 4.34 Å². The van der Waals surface area contributed by atoms with Crippen molar-refractivity contribution < 1.29 is 13.2 Å². The predicted molar refractivity (Wildman–Crippen MR) is 75.1 cm³/mol. The van der Waals surface area contributed by atoms with E-state index in [9.17, 15) is 13.2 Å². The highest BCUT2D eigenvalue weighted by Crippen LogP contribution is 2.25. The maximum Gasteiger partial charge on any atom is 0.272 e. The summed E-state index contributed by atoms with van der Waals surface area (Å²) in [6.07, 6.45) is 1.76. The fraction of sp³-hybridized carbons (Fsp3) is 0.700. The number of anilines is 1. The van der Waals surface area contributed by atoms with E-state index in [1.54, 1.807) is 7.05 Å². The van der Waals surface area contributed by atoms with E-state index in [1.807, 2.05) is 0 Å². The molecule has 1 unspecified atom stereocenters. The molecule has 1 aromatic rings. The maximum atomic E-state index is 12.4. The van der Waals surface area contributed by atoms with E-state index in [4.69, 9.17) is 0 Å². The van der Waals surface area contributed by atoms with Gasteiger partial charge in [-0.2, -0.15) is 4.31 Å². The molecule has 0 aromatic carbocycles. The van der Waals surface area contributed by atoms with Crippen LogP contribution in [-0.4, -0.2) is 55.0 Å². The number of likely N-dealkylation sites (N-methyl/N-ethyl adjacent to an activating group) is 1. The lowest BCUT2D eigenvalue weighted by Crippen LogP contribution is -2.46.